The Hall–Kier alpha value is -1.32. The summed E-state index contributed by atoms with van der Waals surface area (Å²) in [6, 6.07) is 0. The molecule has 0 atom stereocenters. The summed E-state index contributed by atoms with van der Waals surface area (Å²) in [5, 5.41) is 0. The molecule has 4 nitrogen and oxygen atoms in total. The van der Waals surface area contributed by atoms with Crippen LogP contribution in [0, 0.1) is 0 Å². The Bertz CT molecular complexity index is 205. The summed E-state index contributed by atoms with van der Waals surface area (Å²) in [5.74, 6) is -0.593. The normalized spacial score (nSPS) is 14.2. The zero-order chi connectivity index (χ0) is 9.72. The first kappa shape index (κ1) is 10.7. The molecule has 0 bridgehead atoms. The van der Waals surface area contributed by atoms with E-state index in [2.05, 4.69) is 0 Å². The van der Waals surface area contributed by atoms with Crippen molar-refractivity contribution in [3.8, 4) is 0 Å². The third-order valence-corrected chi connectivity index (χ3v) is 1.28. The van der Waals surface area contributed by atoms with E-state index in [4.69, 9.17) is 0 Å². The molecule has 1 rings (SSSR count). The van der Waals surface area contributed by atoms with Crippen molar-refractivity contribution < 1.29 is 19.2 Å². The lowest BCUT2D eigenvalue weighted by atomic mass is 9.97. The summed E-state index contributed by atoms with van der Waals surface area (Å²) in [5.41, 5.74) is 0. The second-order valence-corrected chi connectivity index (χ2v) is 2.54. The summed E-state index contributed by atoms with van der Waals surface area (Å²) < 4.78 is 0. The molecule has 0 spiro atoms. The molecule has 0 unspecified atom stereocenters. The number of hydrogen-bond donors (Lipinski definition) is 0. The molecule has 0 heterocycles. The van der Waals surface area contributed by atoms with Crippen molar-refractivity contribution in [2.24, 2.45) is 0 Å². The van der Waals surface area contributed by atoms with Gasteiger partial charge in [0, 0.05) is 13.8 Å². The van der Waals surface area contributed by atoms with Crippen molar-refractivity contribution in [3.63, 3.8) is 0 Å². The molecule has 1 fully saturated rings. The average molecular weight is 170 g/mol. The molecule has 0 aromatic heterocycles. The molecule has 0 radical (unpaired) electrons. The molecule has 0 N–H and O–H groups in total. The predicted octanol–water partition coefficient (Wildman–Crippen LogP) is 0.0828. The topological polar surface area (TPSA) is 68.3 Å². The maximum absolute atomic E-state index is 9.89. The molecule has 1 aliphatic carbocycles. The first-order chi connectivity index (χ1) is 5.43. The van der Waals surface area contributed by atoms with Gasteiger partial charge in [0.15, 0.2) is 11.6 Å². The summed E-state index contributed by atoms with van der Waals surface area (Å²) in [4.78, 5) is 39.4. The molecule has 4 heteroatoms. The van der Waals surface area contributed by atoms with Crippen LogP contribution in [0.15, 0.2) is 0 Å². The molecule has 0 aromatic rings. The Morgan fingerprint density at radius 1 is 0.917 bits per heavy atom. The Morgan fingerprint density at radius 2 is 1.17 bits per heavy atom. The number of carbonyl (C=O) groups is 4. The van der Waals surface area contributed by atoms with Crippen molar-refractivity contribution >= 4 is 23.1 Å². The van der Waals surface area contributed by atoms with Crippen LogP contribution in [0.4, 0.5) is 0 Å². The van der Waals surface area contributed by atoms with Crippen LogP contribution in [-0.4, -0.2) is 23.1 Å². The van der Waals surface area contributed by atoms with Gasteiger partial charge in [0.1, 0.15) is 11.6 Å². The molecule has 0 aliphatic heterocycles. The quantitative estimate of drug-likeness (QED) is 0.413. The van der Waals surface area contributed by atoms with Gasteiger partial charge in [-0.2, -0.15) is 0 Å². The van der Waals surface area contributed by atoms with Crippen LogP contribution in [0.1, 0.15) is 26.7 Å². The lowest BCUT2D eigenvalue weighted by Crippen LogP contribution is -2.21. The van der Waals surface area contributed by atoms with E-state index in [0.717, 1.165) is 0 Å². The van der Waals surface area contributed by atoms with Crippen LogP contribution in [0.25, 0.3) is 0 Å². The molecule has 0 aromatic carbocycles. The van der Waals surface area contributed by atoms with Crippen molar-refractivity contribution in [3.05, 3.63) is 0 Å². The number of rotatable bonds is 1. The van der Waals surface area contributed by atoms with Gasteiger partial charge in [-0.25, -0.2) is 0 Å². The van der Waals surface area contributed by atoms with E-state index < -0.39 is 0 Å². The van der Waals surface area contributed by atoms with E-state index in [1.54, 1.807) is 0 Å². The van der Waals surface area contributed by atoms with Crippen molar-refractivity contribution in [1.82, 2.24) is 0 Å². The fraction of sp³-hybridized carbons (Fsp3) is 0.500. The highest BCUT2D eigenvalue weighted by atomic mass is 16.2. The van der Waals surface area contributed by atoms with Crippen LogP contribution in [-0.2, 0) is 19.2 Å². The Kier molecular flexibility index (Phi) is 4.04. The third-order valence-electron chi connectivity index (χ3n) is 1.28. The van der Waals surface area contributed by atoms with Crippen LogP contribution in [0.5, 0.6) is 0 Å². The largest absolute Gasteiger partial charge is 0.299 e. The van der Waals surface area contributed by atoms with Crippen molar-refractivity contribution in [2.75, 3.05) is 0 Å². The second kappa shape index (κ2) is 4.54. The second-order valence-electron chi connectivity index (χ2n) is 2.54. The Morgan fingerprint density at radius 3 is 1.17 bits per heavy atom. The fourth-order valence-electron chi connectivity index (χ4n) is 0.388. The lowest BCUT2D eigenvalue weighted by Gasteiger charge is -2.04. The molecule has 0 saturated heterocycles. The minimum atomic E-state index is -0.380. The van der Waals surface area contributed by atoms with Gasteiger partial charge in [-0.05, 0) is 0 Å². The van der Waals surface area contributed by atoms with E-state index in [9.17, 15) is 19.2 Å². The van der Waals surface area contributed by atoms with E-state index >= 15 is 0 Å². The summed E-state index contributed by atoms with van der Waals surface area (Å²) >= 11 is 0. The number of Topliss-reactive ketones (excluding diaryl/α,β-unsaturated/α-hetero) is 4. The van der Waals surface area contributed by atoms with Gasteiger partial charge in [0.25, 0.3) is 0 Å². The minimum Gasteiger partial charge on any atom is -0.299 e. The van der Waals surface area contributed by atoms with Crippen LogP contribution in [0.2, 0.25) is 0 Å². The SMILES string of the molecule is CC(=O)C(C)=O.O=C1CC(=O)C1. The van der Waals surface area contributed by atoms with Gasteiger partial charge in [-0.15, -0.1) is 0 Å². The first-order valence-electron chi connectivity index (χ1n) is 3.48. The van der Waals surface area contributed by atoms with Crippen LogP contribution >= 0.6 is 0 Å². The highest BCUT2D eigenvalue weighted by molar-refractivity contribution is 6.35. The van der Waals surface area contributed by atoms with Gasteiger partial charge in [0.05, 0.1) is 12.8 Å². The van der Waals surface area contributed by atoms with E-state index in [-0.39, 0.29) is 36.0 Å². The maximum atomic E-state index is 9.89. The van der Waals surface area contributed by atoms with Crippen LogP contribution in [0.3, 0.4) is 0 Å². The Labute approximate surface area is 69.9 Å². The maximum Gasteiger partial charge on any atom is 0.195 e. The van der Waals surface area contributed by atoms with Gasteiger partial charge in [-0.3, -0.25) is 19.2 Å². The van der Waals surface area contributed by atoms with Gasteiger partial charge >= 0.3 is 0 Å². The highest BCUT2D eigenvalue weighted by Gasteiger charge is 2.21. The predicted molar refractivity (Wildman–Crippen MR) is 40.6 cm³/mol. The van der Waals surface area contributed by atoms with Crippen molar-refractivity contribution in [1.29, 1.82) is 0 Å². The lowest BCUT2D eigenvalue weighted by molar-refractivity contribution is -0.137. The zero-order valence-electron chi connectivity index (χ0n) is 7.05. The van der Waals surface area contributed by atoms with Crippen LogP contribution < -0.4 is 0 Å². The Balaban J connectivity index is 0.000000202. The first-order valence-corrected chi connectivity index (χ1v) is 3.48. The summed E-state index contributed by atoms with van der Waals surface area (Å²) in [7, 11) is 0. The summed E-state index contributed by atoms with van der Waals surface area (Å²) in [6.07, 6.45) is 0.389. The molecule has 1 saturated carbocycles. The highest BCUT2D eigenvalue weighted by Crippen LogP contribution is 2.05. The van der Waals surface area contributed by atoms with E-state index in [1.807, 2.05) is 0 Å². The average Bonchev–Trinajstić information content (AvgIpc) is 1.86. The standard InChI is InChI=1S/C4H4O2.C4H6O2/c5-3-1-4(6)2-3;1-3(5)4(2)6/h1-2H2;1-2H3. The fourth-order valence-corrected chi connectivity index (χ4v) is 0.388. The molecule has 0 amide bonds. The third kappa shape index (κ3) is 4.49. The number of carbonyl (C=O) groups excluding carboxylic acids is 4. The van der Waals surface area contributed by atoms with Gasteiger partial charge < -0.3 is 0 Å². The molecule has 66 valence electrons. The summed E-state index contributed by atoms with van der Waals surface area (Å²) in [6.45, 7) is 2.50. The van der Waals surface area contributed by atoms with Gasteiger partial charge in [0.2, 0.25) is 0 Å². The minimum absolute atomic E-state index is 0.0833. The zero-order valence-corrected chi connectivity index (χ0v) is 7.05. The van der Waals surface area contributed by atoms with Gasteiger partial charge in [-0.1, -0.05) is 0 Å². The number of hydrogen-bond acceptors (Lipinski definition) is 4. The van der Waals surface area contributed by atoms with Crippen molar-refractivity contribution in [2.45, 2.75) is 26.7 Å². The molecular weight excluding hydrogens is 160 g/mol. The van der Waals surface area contributed by atoms with E-state index in [0.29, 0.717) is 0 Å². The smallest absolute Gasteiger partial charge is 0.195 e. The monoisotopic (exact) mass is 170 g/mol. The number of ketones is 4. The molecule has 1 aliphatic rings. The molecular formula is C8H10O4. The van der Waals surface area contributed by atoms with E-state index in [1.165, 1.54) is 13.8 Å². The molecule has 12 heavy (non-hydrogen) atoms.